The second kappa shape index (κ2) is 7.90. The molecule has 0 amide bonds. The van der Waals surface area contributed by atoms with Crippen LogP contribution in [0.15, 0.2) is 0 Å². The Morgan fingerprint density at radius 1 is 1.11 bits per heavy atom. The van der Waals surface area contributed by atoms with E-state index in [1.54, 1.807) is 0 Å². The SMILES string of the molecule is OCC(CO)N[C@H]1C[C@](O)(CO)[C@@H](O)[C@H](O)[C@H]1O.[H-].[Li+]. The number of nitrogens with one attached hydrogen (secondary N) is 1. The van der Waals surface area contributed by atoms with Gasteiger partial charge in [-0.1, -0.05) is 0 Å². The molecule has 0 aromatic heterocycles. The molecule has 8 nitrogen and oxygen atoms in total. The first-order chi connectivity index (χ1) is 8.39. The van der Waals surface area contributed by atoms with Crippen LogP contribution in [0.4, 0.5) is 0 Å². The summed E-state index contributed by atoms with van der Waals surface area (Å²) in [6, 6.07) is -1.60. The predicted octanol–water partition coefficient (Wildman–Crippen LogP) is -7.38. The van der Waals surface area contributed by atoms with Crippen molar-refractivity contribution in [2.24, 2.45) is 0 Å². The van der Waals surface area contributed by atoms with Gasteiger partial charge in [0.2, 0.25) is 0 Å². The average molecular weight is 275 g/mol. The molecule has 0 saturated heterocycles. The molecular weight excluding hydrogens is 253 g/mol. The molecule has 0 aromatic rings. The second-order valence-electron chi connectivity index (χ2n) is 4.73. The molecule has 110 valence electrons. The minimum atomic E-state index is -1.94. The summed E-state index contributed by atoms with van der Waals surface area (Å²) >= 11 is 0. The third-order valence-corrected chi connectivity index (χ3v) is 3.37. The van der Waals surface area contributed by atoms with Gasteiger partial charge in [-0.2, -0.15) is 0 Å². The fourth-order valence-corrected chi connectivity index (χ4v) is 2.15. The van der Waals surface area contributed by atoms with Gasteiger partial charge in [-0.15, -0.1) is 0 Å². The molecule has 1 aliphatic carbocycles. The molecule has 0 unspecified atom stereocenters. The van der Waals surface area contributed by atoms with Gasteiger partial charge in [-0.3, -0.25) is 0 Å². The summed E-state index contributed by atoms with van der Waals surface area (Å²) < 4.78 is 0. The Morgan fingerprint density at radius 3 is 2.05 bits per heavy atom. The third-order valence-electron chi connectivity index (χ3n) is 3.37. The first-order valence-corrected chi connectivity index (χ1v) is 5.74. The fourth-order valence-electron chi connectivity index (χ4n) is 2.15. The maximum absolute atomic E-state index is 9.93. The minimum absolute atomic E-state index is 0. The zero-order valence-electron chi connectivity index (χ0n) is 11.8. The van der Waals surface area contributed by atoms with E-state index in [1.807, 2.05) is 0 Å². The molecule has 19 heavy (non-hydrogen) atoms. The minimum Gasteiger partial charge on any atom is -1.00 e. The Labute approximate surface area is 124 Å². The van der Waals surface area contributed by atoms with E-state index < -0.39 is 55.8 Å². The Kier molecular flexibility index (Phi) is 8.02. The van der Waals surface area contributed by atoms with Crippen LogP contribution in [0.3, 0.4) is 0 Å². The molecule has 9 heteroatoms. The molecule has 0 heterocycles. The van der Waals surface area contributed by atoms with Gasteiger partial charge in [-0.05, 0) is 6.42 Å². The normalized spacial score (nSPS) is 39.2. The van der Waals surface area contributed by atoms with Crippen molar-refractivity contribution in [1.29, 1.82) is 0 Å². The summed E-state index contributed by atoms with van der Waals surface area (Å²) in [6.07, 6.45) is -4.91. The standard InChI is InChI=1S/C10H21NO7.Li.H/c12-2-5(3-13)11-6-1-10(18,4-14)9(17)8(16)7(6)15;;/h5-9,11-18H,1-4H2;;/q;+1;-1/t6-,7-,8+,9-,10-;;/m0../s1. The van der Waals surface area contributed by atoms with Crippen LogP contribution < -0.4 is 24.2 Å². The summed E-state index contributed by atoms with van der Waals surface area (Å²) in [5, 5.41) is 68.4. The van der Waals surface area contributed by atoms with Crippen LogP contribution in [0.25, 0.3) is 0 Å². The van der Waals surface area contributed by atoms with Crippen molar-refractivity contribution in [1.82, 2.24) is 5.32 Å². The molecule has 0 radical (unpaired) electrons. The summed E-state index contributed by atoms with van der Waals surface area (Å²) in [7, 11) is 0. The quantitative estimate of drug-likeness (QED) is 0.230. The smallest absolute Gasteiger partial charge is 1.00 e. The fraction of sp³-hybridized carbons (Fsp3) is 1.00. The van der Waals surface area contributed by atoms with Crippen molar-refractivity contribution >= 4 is 0 Å². The van der Waals surface area contributed by atoms with Crippen molar-refractivity contribution in [3.8, 4) is 0 Å². The van der Waals surface area contributed by atoms with E-state index in [-0.39, 0.29) is 26.7 Å². The molecule has 0 aromatic carbocycles. The van der Waals surface area contributed by atoms with Crippen LogP contribution in [0.1, 0.15) is 7.85 Å². The number of aliphatic hydroxyl groups excluding tert-OH is 6. The first-order valence-electron chi connectivity index (χ1n) is 5.74. The van der Waals surface area contributed by atoms with Crippen molar-refractivity contribution in [2.75, 3.05) is 19.8 Å². The monoisotopic (exact) mass is 275 g/mol. The maximum atomic E-state index is 9.93. The van der Waals surface area contributed by atoms with E-state index in [4.69, 9.17) is 15.3 Å². The molecule has 0 bridgehead atoms. The van der Waals surface area contributed by atoms with E-state index in [1.165, 1.54) is 0 Å². The molecule has 8 N–H and O–H groups in total. The molecular formula is C10H22LiNO7. The van der Waals surface area contributed by atoms with E-state index in [9.17, 15) is 20.4 Å². The third kappa shape index (κ3) is 4.12. The molecule has 1 fully saturated rings. The van der Waals surface area contributed by atoms with Crippen LogP contribution in [0.5, 0.6) is 0 Å². The first kappa shape index (κ1) is 19.3. The molecule has 0 aliphatic heterocycles. The van der Waals surface area contributed by atoms with Crippen molar-refractivity contribution in [2.45, 2.75) is 42.4 Å². The predicted molar refractivity (Wildman–Crippen MR) is 60.7 cm³/mol. The van der Waals surface area contributed by atoms with E-state index in [0.29, 0.717) is 0 Å². The van der Waals surface area contributed by atoms with Crippen LogP contribution in [-0.2, 0) is 0 Å². The molecule has 0 spiro atoms. The van der Waals surface area contributed by atoms with Gasteiger partial charge in [-0.25, -0.2) is 0 Å². The van der Waals surface area contributed by atoms with Crippen LogP contribution >= 0.6 is 0 Å². The maximum Gasteiger partial charge on any atom is 1.00 e. The zero-order valence-corrected chi connectivity index (χ0v) is 10.8. The van der Waals surface area contributed by atoms with Crippen LogP contribution in [-0.4, -0.2) is 91.6 Å². The van der Waals surface area contributed by atoms with Gasteiger partial charge in [0, 0.05) is 6.04 Å². The van der Waals surface area contributed by atoms with Gasteiger partial charge >= 0.3 is 18.9 Å². The number of rotatable bonds is 5. The number of hydrogen-bond acceptors (Lipinski definition) is 8. The Bertz CT molecular complexity index is 274. The van der Waals surface area contributed by atoms with Gasteiger partial charge in [0.15, 0.2) is 0 Å². The van der Waals surface area contributed by atoms with E-state index >= 15 is 0 Å². The van der Waals surface area contributed by atoms with Gasteiger partial charge < -0.3 is 42.5 Å². The van der Waals surface area contributed by atoms with E-state index in [0.717, 1.165) is 0 Å². The number of aliphatic hydroxyl groups is 7. The van der Waals surface area contributed by atoms with Crippen molar-refractivity contribution in [3.05, 3.63) is 0 Å². The average Bonchev–Trinajstić information content (AvgIpc) is 2.39. The summed E-state index contributed by atoms with van der Waals surface area (Å²) in [6.45, 7) is -1.56. The molecule has 1 saturated carbocycles. The molecule has 1 aliphatic rings. The Balaban J connectivity index is 0. The van der Waals surface area contributed by atoms with Crippen LogP contribution in [0, 0.1) is 0 Å². The largest absolute Gasteiger partial charge is 1.00 e. The summed E-state index contributed by atoms with van der Waals surface area (Å²) in [5.74, 6) is 0. The molecule has 1 rings (SSSR count). The second-order valence-corrected chi connectivity index (χ2v) is 4.73. The van der Waals surface area contributed by atoms with Crippen molar-refractivity contribution < 1.29 is 56.0 Å². The topological polar surface area (TPSA) is 154 Å². The summed E-state index contributed by atoms with van der Waals surface area (Å²) in [5.41, 5.74) is -1.94. The molecule has 5 atom stereocenters. The summed E-state index contributed by atoms with van der Waals surface area (Å²) in [4.78, 5) is 0. The number of hydrogen-bond donors (Lipinski definition) is 8. The Morgan fingerprint density at radius 2 is 1.63 bits per heavy atom. The van der Waals surface area contributed by atoms with Crippen molar-refractivity contribution in [3.63, 3.8) is 0 Å². The van der Waals surface area contributed by atoms with Gasteiger partial charge in [0.1, 0.15) is 17.8 Å². The van der Waals surface area contributed by atoms with Crippen LogP contribution in [0.2, 0.25) is 0 Å². The Hall–Kier alpha value is 0.277. The van der Waals surface area contributed by atoms with Gasteiger partial charge in [0.25, 0.3) is 0 Å². The zero-order chi connectivity index (χ0) is 13.9. The van der Waals surface area contributed by atoms with E-state index in [2.05, 4.69) is 5.32 Å². The van der Waals surface area contributed by atoms with Gasteiger partial charge in [0.05, 0.1) is 32.0 Å².